The first kappa shape index (κ1) is 19.0. The molecule has 1 aliphatic heterocycles. The van der Waals surface area contributed by atoms with Crippen molar-refractivity contribution in [3.8, 4) is 23.5 Å². The molecule has 2 amide bonds. The van der Waals surface area contributed by atoms with Gasteiger partial charge in [0.25, 0.3) is 11.8 Å². The van der Waals surface area contributed by atoms with Gasteiger partial charge in [0.05, 0.1) is 11.6 Å². The lowest BCUT2D eigenvalue weighted by Crippen LogP contribution is -2.42. The van der Waals surface area contributed by atoms with Crippen LogP contribution in [0.15, 0.2) is 62.0 Å². The van der Waals surface area contributed by atoms with Gasteiger partial charge in [0.2, 0.25) is 0 Å². The molecule has 1 aliphatic rings. The maximum Gasteiger partial charge on any atom is 0.271 e. The number of benzene rings is 1. The summed E-state index contributed by atoms with van der Waals surface area (Å²) in [5.74, 6) is -0.0856. The number of carbonyl (C=O) groups excluding carboxylic acids is 2. The Hall–Kier alpha value is -4.36. The topological polar surface area (TPSA) is 111 Å². The van der Waals surface area contributed by atoms with E-state index in [0.717, 1.165) is 10.5 Å². The molecule has 0 N–H and O–H groups in total. The first-order chi connectivity index (χ1) is 14.5. The molecule has 3 heterocycles. The Morgan fingerprint density at radius 3 is 2.30 bits per heavy atom. The molecule has 146 valence electrons. The van der Waals surface area contributed by atoms with E-state index in [4.69, 9.17) is 14.1 Å². The summed E-state index contributed by atoms with van der Waals surface area (Å²) in [6.07, 6.45) is 1.51. The minimum absolute atomic E-state index is 0.0546. The predicted molar refractivity (Wildman–Crippen MR) is 107 cm³/mol. The Morgan fingerprint density at radius 1 is 1.00 bits per heavy atom. The van der Waals surface area contributed by atoms with Crippen LogP contribution in [0.5, 0.6) is 0 Å². The molecule has 0 aliphatic carbocycles. The number of carbonyl (C=O) groups is 2. The Morgan fingerprint density at radius 2 is 1.70 bits per heavy atom. The zero-order valence-electron chi connectivity index (χ0n) is 16.2. The summed E-state index contributed by atoms with van der Waals surface area (Å²) in [4.78, 5) is 26.0. The van der Waals surface area contributed by atoms with Crippen molar-refractivity contribution < 1.29 is 18.4 Å². The number of fused-ring (bicyclic) bond motifs is 1. The van der Waals surface area contributed by atoms with E-state index < -0.39 is 11.8 Å². The average Bonchev–Trinajstić information content (AvgIpc) is 3.31. The number of amides is 2. The van der Waals surface area contributed by atoms with Gasteiger partial charge in [-0.25, -0.2) is 0 Å². The van der Waals surface area contributed by atoms with Gasteiger partial charge in [0.15, 0.2) is 11.2 Å². The summed E-state index contributed by atoms with van der Waals surface area (Å²) in [6, 6.07) is 14.3. The van der Waals surface area contributed by atoms with E-state index in [-0.39, 0.29) is 17.7 Å². The van der Waals surface area contributed by atoms with E-state index in [1.165, 1.54) is 6.08 Å². The molecule has 7 nitrogen and oxygen atoms in total. The van der Waals surface area contributed by atoms with E-state index in [2.05, 4.69) is 6.07 Å². The quantitative estimate of drug-likeness (QED) is 0.484. The largest absolute Gasteiger partial charge is 0.453 e. The fourth-order valence-corrected chi connectivity index (χ4v) is 3.34. The van der Waals surface area contributed by atoms with Gasteiger partial charge in [0.1, 0.15) is 23.2 Å². The molecule has 1 aromatic carbocycles. The van der Waals surface area contributed by atoms with Crippen molar-refractivity contribution in [3.05, 3.63) is 64.4 Å². The van der Waals surface area contributed by atoms with Crippen LogP contribution in [-0.4, -0.2) is 23.3 Å². The lowest BCUT2D eigenvalue weighted by Gasteiger charge is -2.25. The zero-order chi connectivity index (χ0) is 21.4. The summed E-state index contributed by atoms with van der Waals surface area (Å²) >= 11 is 0. The average molecular weight is 397 g/mol. The number of hydrogen-bond donors (Lipinski definition) is 0. The Bertz CT molecular complexity index is 1310. The van der Waals surface area contributed by atoms with E-state index >= 15 is 0 Å². The second kappa shape index (κ2) is 7.23. The molecule has 0 unspecified atom stereocenters. The number of imide groups is 1. The first-order valence-electron chi connectivity index (χ1n) is 9.20. The number of furan rings is 2. The second-order valence-corrected chi connectivity index (χ2v) is 6.70. The molecule has 0 saturated carbocycles. The number of likely N-dealkylation sites (N-methyl/N-ethyl adjacent to an activating group) is 1. The Balaban J connectivity index is 1.72. The molecule has 3 aromatic rings. The highest BCUT2D eigenvalue weighted by molar-refractivity contribution is 6.19. The smallest absolute Gasteiger partial charge is 0.271 e. The lowest BCUT2D eigenvalue weighted by molar-refractivity contribution is -0.140. The van der Waals surface area contributed by atoms with Gasteiger partial charge >= 0.3 is 0 Å². The summed E-state index contributed by atoms with van der Waals surface area (Å²) < 4.78 is 11.6. The molecular weight excluding hydrogens is 382 g/mol. The van der Waals surface area contributed by atoms with Crippen molar-refractivity contribution in [2.75, 3.05) is 6.54 Å². The predicted octanol–water partition coefficient (Wildman–Crippen LogP) is 4.18. The summed E-state index contributed by atoms with van der Waals surface area (Å²) in [5, 5.41) is 18.2. The van der Waals surface area contributed by atoms with Gasteiger partial charge in [-0.3, -0.25) is 14.5 Å². The Labute approximate surface area is 171 Å². The zero-order valence-corrected chi connectivity index (χ0v) is 16.2. The normalized spacial score (nSPS) is 15.7. The van der Waals surface area contributed by atoms with Crippen molar-refractivity contribution in [1.82, 2.24) is 4.90 Å². The van der Waals surface area contributed by atoms with Crippen LogP contribution in [0.2, 0.25) is 0 Å². The van der Waals surface area contributed by atoms with Gasteiger partial charge in [-0.1, -0.05) is 0 Å². The van der Waals surface area contributed by atoms with Gasteiger partial charge in [-0.2, -0.15) is 10.5 Å². The molecule has 0 bridgehead atoms. The fraction of sp³-hybridized carbons (Fsp3) is 0.130. The molecule has 30 heavy (non-hydrogen) atoms. The molecular formula is C23H15N3O4. The minimum Gasteiger partial charge on any atom is -0.453 e. The van der Waals surface area contributed by atoms with Gasteiger partial charge in [-0.05, 0) is 49.8 Å². The third-order valence-corrected chi connectivity index (χ3v) is 4.95. The van der Waals surface area contributed by atoms with Crippen molar-refractivity contribution in [3.63, 3.8) is 0 Å². The standard InChI is InChI=1S/C23H15N3O4/c1-3-26-22(27)17(13(2)18(12-25)23(26)28)8-16-9-20-21(29-16)10-19(30-20)15-6-4-14(11-24)5-7-15/h4-10H,3H2,1-2H3/b17-8-. The van der Waals surface area contributed by atoms with Gasteiger partial charge in [0, 0.05) is 29.8 Å². The summed E-state index contributed by atoms with van der Waals surface area (Å²) in [6.45, 7) is 3.42. The molecule has 0 fully saturated rings. The van der Waals surface area contributed by atoms with Gasteiger partial charge in [-0.15, -0.1) is 0 Å². The fourth-order valence-electron chi connectivity index (χ4n) is 3.34. The number of nitrogens with zero attached hydrogens (tertiary/aromatic N) is 3. The van der Waals surface area contributed by atoms with Crippen LogP contribution in [0.25, 0.3) is 28.6 Å². The third kappa shape index (κ3) is 2.99. The van der Waals surface area contributed by atoms with E-state index in [9.17, 15) is 14.9 Å². The van der Waals surface area contributed by atoms with Crippen LogP contribution in [-0.2, 0) is 9.59 Å². The maximum atomic E-state index is 12.7. The van der Waals surface area contributed by atoms with Gasteiger partial charge < -0.3 is 8.83 Å². The molecule has 2 aromatic heterocycles. The molecule has 0 spiro atoms. The monoisotopic (exact) mass is 397 g/mol. The van der Waals surface area contributed by atoms with Crippen LogP contribution < -0.4 is 0 Å². The molecule has 0 atom stereocenters. The summed E-state index contributed by atoms with van der Waals surface area (Å²) in [7, 11) is 0. The van der Waals surface area contributed by atoms with Crippen molar-refractivity contribution in [2.45, 2.75) is 13.8 Å². The SMILES string of the molecule is CCN1C(=O)C(C#N)=C(C)/C(=C/c2cc3oc(-c4ccc(C#N)cc4)cc3o2)C1=O. The van der Waals surface area contributed by atoms with Crippen molar-refractivity contribution in [1.29, 1.82) is 10.5 Å². The lowest BCUT2D eigenvalue weighted by atomic mass is 9.95. The van der Waals surface area contributed by atoms with Crippen LogP contribution in [0.4, 0.5) is 0 Å². The molecule has 7 heteroatoms. The van der Waals surface area contributed by atoms with Crippen LogP contribution in [0, 0.1) is 22.7 Å². The maximum absolute atomic E-state index is 12.7. The summed E-state index contributed by atoms with van der Waals surface area (Å²) in [5.41, 5.74) is 2.85. The van der Waals surface area contributed by atoms with Crippen molar-refractivity contribution >= 4 is 29.1 Å². The van der Waals surface area contributed by atoms with E-state index in [1.54, 1.807) is 50.2 Å². The van der Waals surface area contributed by atoms with Crippen LogP contribution >= 0.6 is 0 Å². The number of nitriles is 2. The highest BCUT2D eigenvalue weighted by Crippen LogP contribution is 2.32. The van der Waals surface area contributed by atoms with Crippen LogP contribution in [0.1, 0.15) is 25.2 Å². The second-order valence-electron chi connectivity index (χ2n) is 6.70. The first-order valence-corrected chi connectivity index (χ1v) is 9.20. The van der Waals surface area contributed by atoms with E-state index in [1.807, 2.05) is 6.07 Å². The highest BCUT2D eigenvalue weighted by atomic mass is 16.4. The molecule has 4 rings (SSSR count). The van der Waals surface area contributed by atoms with E-state index in [0.29, 0.717) is 33.8 Å². The molecule has 0 radical (unpaired) electrons. The minimum atomic E-state index is -0.583. The molecule has 0 saturated heterocycles. The van der Waals surface area contributed by atoms with Crippen molar-refractivity contribution in [2.24, 2.45) is 0 Å². The third-order valence-electron chi connectivity index (χ3n) is 4.95. The highest BCUT2D eigenvalue weighted by Gasteiger charge is 2.34. The Kier molecular flexibility index (Phi) is 4.57. The number of rotatable bonds is 3. The van der Waals surface area contributed by atoms with Crippen LogP contribution in [0.3, 0.4) is 0 Å². The number of hydrogen-bond acceptors (Lipinski definition) is 6.